The molecule has 0 bridgehead atoms. The lowest BCUT2D eigenvalue weighted by molar-refractivity contribution is -0.118. The smallest absolute Gasteiger partial charge is 0.266 e. The summed E-state index contributed by atoms with van der Waals surface area (Å²) in [6.07, 6.45) is 1.38. The number of thiol groups is 1. The molecule has 1 amide bonds. The zero-order valence-electron chi connectivity index (χ0n) is 16.7. The van der Waals surface area contributed by atoms with Crippen molar-refractivity contribution in [3.8, 4) is 17.6 Å². The molecule has 1 aliphatic rings. The fourth-order valence-corrected chi connectivity index (χ4v) is 3.62. The number of rotatable bonds is 7. The number of anilines is 1. The van der Waals surface area contributed by atoms with Gasteiger partial charge in [0.15, 0.2) is 11.5 Å². The van der Waals surface area contributed by atoms with E-state index in [9.17, 15) is 10.1 Å². The first kappa shape index (κ1) is 21.9. The minimum Gasteiger partial charge on any atom is -0.493 e. The van der Waals surface area contributed by atoms with Gasteiger partial charge in [-0.15, -0.1) is 12.6 Å². The van der Waals surface area contributed by atoms with Gasteiger partial charge in [0, 0.05) is 10.7 Å². The van der Waals surface area contributed by atoms with E-state index >= 15 is 0 Å². The van der Waals surface area contributed by atoms with E-state index in [4.69, 9.17) is 21.1 Å². The van der Waals surface area contributed by atoms with E-state index in [0.29, 0.717) is 23.1 Å². The molecule has 0 saturated carbocycles. The van der Waals surface area contributed by atoms with Crippen LogP contribution in [-0.4, -0.2) is 19.6 Å². The van der Waals surface area contributed by atoms with Crippen LogP contribution in [0.2, 0.25) is 5.02 Å². The number of nitrogens with one attached hydrogen (secondary N) is 1. The van der Waals surface area contributed by atoms with Crippen LogP contribution in [0.5, 0.6) is 11.5 Å². The number of unbranched alkanes of at least 4 members (excludes halogenated alkanes) is 1. The zero-order chi connectivity index (χ0) is 21.7. The Morgan fingerprint density at radius 3 is 2.60 bits per heavy atom. The standard InChI is InChI=1S/C22H22ClN3O3S/c1-3-4-11-29-18-10-5-14(12-19(18)28-2)20-25-21(27)17(13-24)22(30)26(20)16-8-6-15(23)7-9-16/h5-10,12,20,30H,3-4,11H2,1-2H3,(H,25,27). The Balaban J connectivity index is 2.04. The molecular formula is C22H22ClN3O3S. The van der Waals surface area contributed by atoms with Crippen LogP contribution in [0.25, 0.3) is 0 Å². The molecule has 156 valence electrons. The van der Waals surface area contributed by atoms with Gasteiger partial charge in [-0.2, -0.15) is 5.26 Å². The summed E-state index contributed by atoms with van der Waals surface area (Å²) in [5.41, 5.74) is 1.42. The van der Waals surface area contributed by atoms with Crippen molar-refractivity contribution in [2.24, 2.45) is 0 Å². The maximum atomic E-state index is 12.5. The van der Waals surface area contributed by atoms with E-state index in [1.165, 1.54) is 0 Å². The lowest BCUT2D eigenvalue weighted by atomic mass is 10.1. The number of hydrogen-bond acceptors (Lipinski definition) is 6. The predicted octanol–water partition coefficient (Wildman–Crippen LogP) is 4.83. The number of ether oxygens (including phenoxy) is 2. The van der Waals surface area contributed by atoms with E-state index in [2.05, 4.69) is 24.9 Å². The SMILES string of the molecule is CCCCOc1ccc(C2NC(=O)C(C#N)=C(S)N2c2ccc(Cl)cc2)cc1OC. The first-order chi connectivity index (χ1) is 14.5. The Bertz CT molecular complexity index is 1000. The third-order valence-corrected chi connectivity index (χ3v) is 5.37. The van der Waals surface area contributed by atoms with Crippen molar-refractivity contribution in [2.75, 3.05) is 18.6 Å². The predicted molar refractivity (Wildman–Crippen MR) is 120 cm³/mol. The number of benzene rings is 2. The van der Waals surface area contributed by atoms with Gasteiger partial charge in [0.25, 0.3) is 5.91 Å². The van der Waals surface area contributed by atoms with Gasteiger partial charge in [-0.25, -0.2) is 0 Å². The van der Waals surface area contributed by atoms with Gasteiger partial charge in [-0.3, -0.25) is 4.79 Å². The number of amides is 1. The molecular weight excluding hydrogens is 422 g/mol. The Hall–Kier alpha value is -2.82. The Labute approximate surface area is 186 Å². The van der Waals surface area contributed by atoms with E-state index < -0.39 is 12.1 Å². The van der Waals surface area contributed by atoms with Crippen LogP contribution in [0, 0.1) is 11.3 Å². The molecule has 1 heterocycles. The summed E-state index contributed by atoms with van der Waals surface area (Å²) < 4.78 is 11.3. The van der Waals surface area contributed by atoms with Crippen molar-refractivity contribution in [3.05, 3.63) is 63.7 Å². The third kappa shape index (κ3) is 4.50. The van der Waals surface area contributed by atoms with Crippen LogP contribution >= 0.6 is 24.2 Å². The van der Waals surface area contributed by atoms with E-state index in [1.807, 2.05) is 24.3 Å². The summed E-state index contributed by atoms with van der Waals surface area (Å²) >= 11 is 10.5. The van der Waals surface area contributed by atoms with Crippen molar-refractivity contribution >= 4 is 35.8 Å². The molecule has 0 aliphatic carbocycles. The number of carbonyl (C=O) groups excluding carboxylic acids is 1. The average Bonchev–Trinajstić information content (AvgIpc) is 2.75. The van der Waals surface area contributed by atoms with Gasteiger partial charge in [-0.1, -0.05) is 31.0 Å². The number of halogens is 1. The van der Waals surface area contributed by atoms with Crippen molar-refractivity contribution in [1.82, 2.24) is 5.32 Å². The lowest BCUT2D eigenvalue weighted by Crippen LogP contribution is -2.46. The van der Waals surface area contributed by atoms with Gasteiger partial charge in [0.05, 0.1) is 18.7 Å². The van der Waals surface area contributed by atoms with Crippen molar-refractivity contribution in [2.45, 2.75) is 25.9 Å². The van der Waals surface area contributed by atoms with Crippen molar-refractivity contribution in [1.29, 1.82) is 5.26 Å². The highest BCUT2D eigenvalue weighted by atomic mass is 35.5. The number of methoxy groups -OCH3 is 1. The Kier molecular flexibility index (Phi) is 7.14. The molecule has 1 N–H and O–H groups in total. The fraction of sp³-hybridized carbons (Fsp3) is 0.273. The molecule has 3 rings (SSSR count). The molecule has 0 fully saturated rings. The van der Waals surface area contributed by atoms with E-state index in [1.54, 1.807) is 36.3 Å². The molecule has 0 spiro atoms. The molecule has 0 radical (unpaired) electrons. The summed E-state index contributed by atoms with van der Waals surface area (Å²) in [5, 5.41) is 13.1. The molecule has 1 aliphatic heterocycles. The molecule has 1 atom stereocenters. The van der Waals surface area contributed by atoms with Crippen molar-refractivity contribution < 1.29 is 14.3 Å². The second kappa shape index (κ2) is 9.79. The summed E-state index contributed by atoms with van der Waals surface area (Å²) in [6.45, 7) is 2.69. The van der Waals surface area contributed by atoms with E-state index in [-0.39, 0.29) is 10.6 Å². The van der Waals surface area contributed by atoms with Crippen LogP contribution in [0.1, 0.15) is 31.5 Å². The van der Waals surface area contributed by atoms with Crippen LogP contribution in [0.15, 0.2) is 53.1 Å². The zero-order valence-corrected chi connectivity index (χ0v) is 18.3. The van der Waals surface area contributed by atoms with Crippen LogP contribution in [0.4, 0.5) is 5.69 Å². The molecule has 30 heavy (non-hydrogen) atoms. The van der Waals surface area contributed by atoms with E-state index in [0.717, 1.165) is 24.1 Å². The van der Waals surface area contributed by atoms with Gasteiger partial charge in [0.1, 0.15) is 17.8 Å². The topological polar surface area (TPSA) is 74.6 Å². The minimum atomic E-state index is -0.595. The third-order valence-electron chi connectivity index (χ3n) is 4.68. The number of carbonyl (C=O) groups is 1. The minimum absolute atomic E-state index is 0.0592. The summed E-state index contributed by atoms with van der Waals surface area (Å²) in [7, 11) is 1.57. The molecule has 2 aromatic carbocycles. The Morgan fingerprint density at radius 1 is 1.23 bits per heavy atom. The van der Waals surface area contributed by atoms with Crippen LogP contribution in [-0.2, 0) is 4.79 Å². The maximum absolute atomic E-state index is 12.5. The number of nitrogens with zero attached hydrogens (tertiary/aromatic N) is 2. The van der Waals surface area contributed by atoms with Gasteiger partial charge >= 0.3 is 0 Å². The average molecular weight is 444 g/mol. The second-order valence-corrected chi connectivity index (χ2v) is 7.51. The normalized spacial score (nSPS) is 16.2. The quantitative estimate of drug-likeness (QED) is 0.473. The maximum Gasteiger partial charge on any atom is 0.266 e. The van der Waals surface area contributed by atoms with Gasteiger partial charge < -0.3 is 19.7 Å². The van der Waals surface area contributed by atoms with Crippen LogP contribution in [0.3, 0.4) is 0 Å². The summed E-state index contributed by atoms with van der Waals surface area (Å²) in [6, 6.07) is 14.5. The van der Waals surface area contributed by atoms with Crippen molar-refractivity contribution in [3.63, 3.8) is 0 Å². The fourth-order valence-electron chi connectivity index (χ4n) is 3.11. The first-order valence-corrected chi connectivity index (χ1v) is 10.3. The van der Waals surface area contributed by atoms with Gasteiger partial charge in [-0.05, 0) is 48.4 Å². The highest BCUT2D eigenvalue weighted by Crippen LogP contribution is 2.38. The Morgan fingerprint density at radius 2 is 1.97 bits per heavy atom. The summed E-state index contributed by atoms with van der Waals surface area (Å²) in [5.74, 6) is 0.707. The first-order valence-electron chi connectivity index (χ1n) is 9.49. The molecule has 6 nitrogen and oxygen atoms in total. The molecule has 1 unspecified atom stereocenters. The molecule has 0 aromatic heterocycles. The molecule has 2 aromatic rings. The second-order valence-electron chi connectivity index (χ2n) is 6.65. The largest absolute Gasteiger partial charge is 0.493 e. The molecule has 8 heteroatoms. The molecule has 0 saturated heterocycles. The number of nitriles is 1. The monoisotopic (exact) mass is 443 g/mol. The lowest BCUT2D eigenvalue weighted by Gasteiger charge is -2.38. The summed E-state index contributed by atoms with van der Waals surface area (Å²) in [4.78, 5) is 14.3. The highest BCUT2D eigenvalue weighted by Gasteiger charge is 2.34. The van der Waals surface area contributed by atoms with Crippen LogP contribution < -0.4 is 19.7 Å². The number of hydrogen-bond donors (Lipinski definition) is 2. The van der Waals surface area contributed by atoms with Gasteiger partial charge in [0.2, 0.25) is 0 Å². The highest BCUT2D eigenvalue weighted by molar-refractivity contribution is 7.84.